The first-order valence-corrected chi connectivity index (χ1v) is 19.5. The molecular formula is C41H48F2N8O9. The fourth-order valence-electron chi connectivity index (χ4n) is 7.18. The van der Waals surface area contributed by atoms with Crippen molar-refractivity contribution >= 4 is 40.4 Å². The lowest BCUT2D eigenvalue weighted by Gasteiger charge is -2.36. The van der Waals surface area contributed by atoms with Crippen molar-refractivity contribution in [1.82, 2.24) is 40.9 Å². The number of methoxy groups -OCH3 is 2. The summed E-state index contributed by atoms with van der Waals surface area (Å²) >= 11 is 0. The first-order valence-electron chi connectivity index (χ1n) is 19.5. The molecule has 0 unspecified atom stereocenters. The summed E-state index contributed by atoms with van der Waals surface area (Å²) in [7, 11) is 5.65. The van der Waals surface area contributed by atoms with E-state index in [0.717, 1.165) is 12.3 Å². The normalized spacial score (nSPS) is 20.0. The number of halogens is 2. The highest BCUT2D eigenvalue weighted by atomic mass is 19.1. The maximum atomic E-state index is 14.8. The van der Waals surface area contributed by atoms with Crippen LogP contribution >= 0.6 is 0 Å². The van der Waals surface area contributed by atoms with E-state index in [1.54, 1.807) is 18.2 Å². The highest BCUT2D eigenvalue weighted by molar-refractivity contribution is 6.10. The van der Waals surface area contributed by atoms with Gasteiger partial charge in [-0.3, -0.25) is 29.0 Å². The first kappa shape index (κ1) is 43.2. The Morgan fingerprint density at radius 2 is 1.83 bits per heavy atom. The molecule has 17 nitrogen and oxygen atoms in total. The third-order valence-corrected chi connectivity index (χ3v) is 10.7. The molecule has 0 saturated heterocycles. The third-order valence-electron chi connectivity index (χ3n) is 10.7. The van der Waals surface area contributed by atoms with Crippen molar-refractivity contribution in [3.8, 4) is 17.5 Å². The molecule has 0 radical (unpaired) electrons. The van der Waals surface area contributed by atoms with E-state index in [0.29, 0.717) is 24.4 Å². The van der Waals surface area contributed by atoms with Crippen molar-refractivity contribution < 1.29 is 51.5 Å². The molecule has 6 rings (SSSR count). The molecule has 0 bridgehead atoms. The molecule has 2 aliphatic rings. The lowest BCUT2D eigenvalue weighted by atomic mass is 9.99. The average Bonchev–Trinajstić information content (AvgIpc) is 3.97. The minimum Gasteiger partial charge on any atom is -0.491 e. The molecule has 1 spiro atoms. The molecule has 1 fully saturated rings. The molecule has 4 heterocycles. The fraction of sp³-hybridized carbons (Fsp3) is 0.463. The second kappa shape index (κ2) is 18.3. The number of hydrogen-bond donors (Lipinski definition) is 3. The molecule has 3 N–H and O–H groups in total. The van der Waals surface area contributed by atoms with Gasteiger partial charge in [0, 0.05) is 50.6 Å². The van der Waals surface area contributed by atoms with E-state index in [2.05, 4.69) is 31.1 Å². The van der Waals surface area contributed by atoms with Crippen LogP contribution in [0.3, 0.4) is 0 Å². The van der Waals surface area contributed by atoms with Gasteiger partial charge in [0.1, 0.15) is 35.8 Å². The largest absolute Gasteiger partial charge is 0.491 e. The van der Waals surface area contributed by atoms with Crippen LogP contribution in [0.25, 0.3) is 10.9 Å². The molecule has 1 saturated carbocycles. The monoisotopic (exact) mass is 834 g/mol. The number of carbonyl (C=O) groups excluding carboxylic acids is 5. The molecule has 19 heteroatoms. The maximum absolute atomic E-state index is 14.8. The molecule has 320 valence electrons. The Hall–Kier alpha value is -6.40. The van der Waals surface area contributed by atoms with Crippen molar-refractivity contribution in [1.29, 1.82) is 0 Å². The van der Waals surface area contributed by atoms with Crippen molar-refractivity contribution in [2.45, 2.75) is 76.0 Å². The lowest BCUT2D eigenvalue weighted by Crippen LogP contribution is -2.58. The number of nitrogens with zero attached hydrogens (tertiary/aromatic N) is 5. The average molecular weight is 835 g/mol. The Balaban J connectivity index is 1.41. The van der Waals surface area contributed by atoms with Gasteiger partial charge >= 0.3 is 0 Å². The maximum Gasteiger partial charge on any atom is 0.290 e. The zero-order chi connectivity index (χ0) is 43.3. The van der Waals surface area contributed by atoms with E-state index in [-0.39, 0.29) is 72.2 Å². The predicted molar refractivity (Wildman–Crippen MR) is 210 cm³/mol. The molecule has 1 aliphatic heterocycles. The summed E-state index contributed by atoms with van der Waals surface area (Å²) in [5, 5.41) is 11.8. The van der Waals surface area contributed by atoms with Crippen LogP contribution in [-0.4, -0.2) is 120 Å². The van der Waals surface area contributed by atoms with E-state index >= 15 is 0 Å². The summed E-state index contributed by atoms with van der Waals surface area (Å²) in [6.07, 6.45) is 1.27. The van der Waals surface area contributed by atoms with Gasteiger partial charge in [0.25, 0.3) is 11.8 Å². The third kappa shape index (κ3) is 9.39. The molecule has 3 atom stereocenters. The number of rotatable bonds is 10. The van der Waals surface area contributed by atoms with Crippen LogP contribution < -0.4 is 30.2 Å². The van der Waals surface area contributed by atoms with Gasteiger partial charge in [-0.05, 0) is 54.6 Å². The lowest BCUT2D eigenvalue weighted by molar-refractivity contribution is -0.149. The second-order valence-electron chi connectivity index (χ2n) is 15.3. The Kier molecular flexibility index (Phi) is 13.1. The summed E-state index contributed by atoms with van der Waals surface area (Å²) in [6, 6.07) is 5.83. The van der Waals surface area contributed by atoms with Crippen molar-refractivity contribution in [2.24, 2.45) is 5.92 Å². The van der Waals surface area contributed by atoms with Crippen LogP contribution in [0.5, 0.6) is 17.5 Å². The predicted octanol–water partition coefficient (Wildman–Crippen LogP) is 2.74. The SMILES string of the molecule is COc1cccc(C[C@@H]2COc3ccc4ncc(F)cc4c3C(=O)N[C@H](C(=O)NCCc3onc(OC)c3F)CC(=O)N(C)[C@@H](CC(C)C)C(=O)N(C)C3(CC3)C(=O)N2)n1. The van der Waals surface area contributed by atoms with Gasteiger partial charge in [-0.1, -0.05) is 19.9 Å². The van der Waals surface area contributed by atoms with Crippen LogP contribution in [0.1, 0.15) is 61.3 Å². The van der Waals surface area contributed by atoms with E-state index < -0.39 is 71.3 Å². The molecule has 60 heavy (non-hydrogen) atoms. The van der Waals surface area contributed by atoms with Gasteiger partial charge in [0.15, 0.2) is 5.76 Å². The number of pyridine rings is 2. The smallest absolute Gasteiger partial charge is 0.290 e. The molecule has 3 aromatic heterocycles. The number of carbonyl (C=O) groups is 5. The number of nitrogens with one attached hydrogen (secondary N) is 3. The van der Waals surface area contributed by atoms with Crippen molar-refractivity contribution in [3.05, 3.63) is 71.2 Å². The Bertz CT molecular complexity index is 2270. The summed E-state index contributed by atoms with van der Waals surface area (Å²) < 4.78 is 50.8. The number of benzene rings is 1. The van der Waals surface area contributed by atoms with Gasteiger partial charge in [-0.25, -0.2) is 9.37 Å². The van der Waals surface area contributed by atoms with Gasteiger partial charge in [-0.15, -0.1) is 0 Å². The number of hydrogen-bond acceptors (Lipinski definition) is 12. The van der Waals surface area contributed by atoms with Crippen LogP contribution in [0.4, 0.5) is 8.78 Å². The minimum absolute atomic E-state index is 0.0384. The van der Waals surface area contributed by atoms with E-state index in [1.807, 2.05) is 13.8 Å². The quantitative estimate of drug-likeness (QED) is 0.211. The number of fused-ring (bicyclic) bond motifs is 3. The summed E-state index contributed by atoms with van der Waals surface area (Å²) in [5.41, 5.74) is -0.661. The van der Waals surface area contributed by atoms with E-state index in [4.69, 9.17) is 18.7 Å². The zero-order valence-electron chi connectivity index (χ0n) is 34.2. The summed E-state index contributed by atoms with van der Waals surface area (Å²) in [4.78, 5) is 82.4. The van der Waals surface area contributed by atoms with Gasteiger partial charge in [0.2, 0.25) is 35.3 Å². The molecular weight excluding hydrogens is 786 g/mol. The molecule has 5 amide bonds. The fourth-order valence-corrected chi connectivity index (χ4v) is 7.18. The Morgan fingerprint density at radius 1 is 1.07 bits per heavy atom. The number of likely N-dealkylation sites (N-methyl/N-ethyl adjacent to an activating group) is 2. The minimum atomic E-state index is -1.57. The Labute approximate surface area is 344 Å². The zero-order valence-corrected chi connectivity index (χ0v) is 34.2. The summed E-state index contributed by atoms with van der Waals surface area (Å²) in [6.45, 7) is 3.34. The molecule has 1 aromatic carbocycles. The van der Waals surface area contributed by atoms with Crippen molar-refractivity contribution in [3.63, 3.8) is 0 Å². The number of aromatic nitrogens is 3. The first-order chi connectivity index (χ1) is 28.6. The highest BCUT2D eigenvalue weighted by Crippen LogP contribution is 2.42. The van der Waals surface area contributed by atoms with Crippen LogP contribution in [0.2, 0.25) is 0 Å². The van der Waals surface area contributed by atoms with E-state index in [9.17, 15) is 32.8 Å². The van der Waals surface area contributed by atoms with E-state index in [1.165, 1.54) is 50.2 Å². The van der Waals surface area contributed by atoms with Crippen LogP contribution in [0, 0.1) is 17.6 Å². The number of amides is 5. The molecule has 1 aliphatic carbocycles. The van der Waals surface area contributed by atoms with Gasteiger partial charge in [0.05, 0.1) is 44.0 Å². The standard InChI is InChI=1S/C41H48F2N8O9/c1-22(2)16-29-39(55)51(4)41(13-14-41)40(56)47-25(18-24-8-7-9-32(46-24)57-5)21-59-30-11-10-27-26(17-23(42)20-45-27)34(30)37(54)48-28(19-33(52)50(29)3)36(53)44-15-12-31-35(43)38(58-6)49-60-31/h7-11,17,20,22,25,28-29H,12-16,18-19,21H2,1-6H3,(H,44,53)(H,47,56)(H,48,54)/t25-,28+,29+/m1/s1. The topological polar surface area (TPSA) is 207 Å². The van der Waals surface area contributed by atoms with Crippen molar-refractivity contribution in [2.75, 3.05) is 41.5 Å². The number of ether oxygens (including phenoxy) is 3. The van der Waals surface area contributed by atoms with Gasteiger partial charge < -0.3 is 44.5 Å². The Morgan fingerprint density at radius 3 is 2.52 bits per heavy atom. The van der Waals surface area contributed by atoms with Crippen LogP contribution in [-0.2, 0) is 32.0 Å². The molecule has 4 aromatic rings. The van der Waals surface area contributed by atoms with Crippen LogP contribution in [0.15, 0.2) is 47.1 Å². The second-order valence-corrected chi connectivity index (χ2v) is 15.3. The highest BCUT2D eigenvalue weighted by Gasteiger charge is 2.56. The van der Waals surface area contributed by atoms with Gasteiger partial charge in [-0.2, -0.15) is 4.39 Å². The summed E-state index contributed by atoms with van der Waals surface area (Å²) in [5.74, 6) is -5.31.